The first-order valence-corrected chi connectivity index (χ1v) is 8.08. The molecule has 0 amide bonds. The molecule has 0 aromatic heterocycles. The van der Waals surface area contributed by atoms with Crippen LogP contribution in [0.2, 0.25) is 0 Å². The van der Waals surface area contributed by atoms with E-state index < -0.39 is 0 Å². The molecule has 0 aliphatic carbocycles. The highest BCUT2D eigenvalue weighted by Crippen LogP contribution is 2.25. The summed E-state index contributed by atoms with van der Waals surface area (Å²) in [6.07, 6.45) is 0.952. The first-order valence-electron chi connectivity index (χ1n) is 7.20. The summed E-state index contributed by atoms with van der Waals surface area (Å²) in [5.74, 6) is 0.454. The zero-order valence-electron chi connectivity index (χ0n) is 12.2. The van der Waals surface area contributed by atoms with Crippen LogP contribution in [0.25, 0.3) is 0 Å². The monoisotopic (exact) mass is 279 g/mol. The summed E-state index contributed by atoms with van der Waals surface area (Å²) in [6, 6.07) is 8.92. The van der Waals surface area contributed by atoms with Crippen molar-refractivity contribution in [3.05, 3.63) is 29.8 Å². The molecule has 1 aromatic carbocycles. The van der Waals surface area contributed by atoms with Crippen molar-refractivity contribution in [1.29, 1.82) is 0 Å². The van der Waals surface area contributed by atoms with E-state index in [9.17, 15) is 5.11 Å². The van der Waals surface area contributed by atoms with Gasteiger partial charge in [0.25, 0.3) is 0 Å². The van der Waals surface area contributed by atoms with Crippen molar-refractivity contribution in [3.63, 3.8) is 0 Å². The van der Waals surface area contributed by atoms with Gasteiger partial charge in [0.05, 0.1) is 6.10 Å². The largest absolute Gasteiger partial charge is 0.393 e. The smallest absolute Gasteiger partial charge is 0.0552 e. The summed E-state index contributed by atoms with van der Waals surface area (Å²) in [6.45, 7) is 9.50. The van der Waals surface area contributed by atoms with Gasteiger partial charge in [0.1, 0.15) is 0 Å². The molecule has 0 saturated carbocycles. The second kappa shape index (κ2) is 6.78. The summed E-state index contributed by atoms with van der Waals surface area (Å²) in [5, 5.41) is 10.3. The number of thioether (sulfide) groups is 1. The lowest BCUT2D eigenvalue weighted by Gasteiger charge is -2.17. The quantitative estimate of drug-likeness (QED) is 0.836. The van der Waals surface area contributed by atoms with Crippen molar-refractivity contribution in [1.82, 2.24) is 4.90 Å². The Bertz CT molecular complexity index is 388. The highest BCUT2D eigenvalue weighted by Gasteiger charge is 2.25. The third-order valence-corrected chi connectivity index (χ3v) is 4.71. The van der Waals surface area contributed by atoms with Gasteiger partial charge in [-0.15, -0.1) is 11.8 Å². The Kier molecular flexibility index (Phi) is 5.31. The molecule has 2 atom stereocenters. The highest BCUT2D eigenvalue weighted by molar-refractivity contribution is 7.99. The van der Waals surface area contributed by atoms with E-state index >= 15 is 0 Å². The lowest BCUT2D eigenvalue weighted by molar-refractivity contribution is 0.127. The second-order valence-electron chi connectivity index (χ2n) is 5.84. The molecule has 106 valence electrons. The van der Waals surface area contributed by atoms with E-state index in [0.717, 1.165) is 26.1 Å². The van der Waals surface area contributed by atoms with Crippen LogP contribution in [0.5, 0.6) is 0 Å². The minimum absolute atomic E-state index is 0.171. The number of hydrogen-bond donors (Lipinski definition) is 1. The number of rotatable bonds is 5. The average molecular weight is 279 g/mol. The molecule has 1 saturated heterocycles. The molecular formula is C16H25NOS. The lowest BCUT2D eigenvalue weighted by Crippen LogP contribution is -2.23. The maximum Gasteiger partial charge on any atom is 0.0552 e. The van der Waals surface area contributed by atoms with Gasteiger partial charge < -0.3 is 5.11 Å². The molecule has 19 heavy (non-hydrogen) atoms. The fourth-order valence-electron chi connectivity index (χ4n) is 2.60. The van der Waals surface area contributed by atoms with Gasteiger partial charge in [-0.2, -0.15) is 0 Å². The van der Waals surface area contributed by atoms with Gasteiger partial charge in [-0.3, -0.25) is 4.90 Å². The Morgan fingerprint density at radius 3 is 2.47 bits per heavy atom. The van der Waals surface area contributed by atoms with Crippen molar-refractivity contribution in [2.45, 2.75) is 50.0 Å². The molecule has 2 rings (SSSR count). The van der Waals surface area contributed by atoms with Crippen LogP contribution in [-0.4, -0.2) is 34.4 Å². The van der Waals surface area contributed by atoms with Gasteiger partial charge in [-0.05, 0) is 43.5 Å². The van der Waals surface area contributed by atoms with Gasteiger partial charge in [-0.25, -0.2) is 0 Å². The van der Waals surface area contributed by atoms with Crippen molar-refractivity contribution in [2.75, 3.05) is 13.1 Å². The molecule has 0 spiro atoms. The normalized spacial score (nSPS) is 22.1. The molecule has 1 aliphatic heterocycles. The number of nitrogens with zero attached hydrogens (tertiary/aromatic N) is 1. The standard InChI is InChI=1S/C16H25NOS/c1-12(2)19-16-6-4-14(5-7-16)10-17-9-8-15(11-17)13(3)18/h4-7,12-13,15,18H,8-11H2,1-3H3. The molecule has 0 radical (unpaired) electrons. The summed E-state index contributed by atoms with van der Waals surface area (Å²) >= 11 is 1.91. The summed E-state index contributed by atoms with van der Waals surface area (Å²) < 4.78 is 0. The molecule has 3 heteroatoms. The molecular weight excluding hydrogens is 254 g/mol. The summed E-state index contributed by atoms with van der Waals surface area (Å²) in [5.41, 5.74) is 1.37. The van der Waals surface area contributed by atoms with Crippen molar-refractivity contribution in [3.8, 4) is 0 Å². The molecule has 1 heterocycles. The van der Waals surface area contributed by atoms with Crippen LogP contribution >= 0.6 is 11.8 Å². The summed E-state index contributed by atoms with van der Waals surface area (Å²) in [7, 11) is 0. The zero-order chi connectivity index (χ0) is 13.8. The Balaban J connectivity index is 1.86. The highest BCUT2D eigenvalue weighted by atomic mass is 32.2. The van der Waals surface area contributed by atoms with Gasteiger partial charge in [0.2, 0.25) is 0 Å². The average Bonchev–Trinajstić information content (AvgIpc) is 2.80. The molecule has 0 bridgehead atoms. The Hall–Kier alpha value is -0.510. The first-order chi connectivity index (χ1) is 9.04. The van der Waals surface area contributed by atoms with E-state index in [4.69, 9.17) is 0 Å². The topological polar surface area (TPSA) is 23.5 Å². The maximum absolute atomic E-state index is 9.63. The van der Waals surface area contributed by atoms with Gasteiger partial charge in [0, 0.05) is 23.2 Å². The number of benzene rings is 1. The van der Waals surface area contributed by atoms with Crippen LogP contribution < -0.4 is 0 Å². The van der Waals surface area contributed by atoms with Crippen molar-refractivity contribution >= 4 is 11.8 Å². The van der Waals surface area contributed by atoms with Gasteiger partial charge in [0.15, 0.2) is 0 Å². The molecule has 2 nitrogen and oxygen atoms in total. The van der Waals surface area contributed by atoms with E-state index in [-0.39, 0.29) is 6.10 Å². The van der Waals surface area contributed by atoms with E-state index in [0.29, 0.717) is 11.2 Å². The Morgan fingerprint density at radius 1 is 1.26 bits per heavy atom. The van der Waals surface area contributed by atoms with E-state index in [1.807, 2.05) is 18.7 Å². The molecule has 1 aliphatic rings. The Morgan fingerprint density at radius 2 is 1.95 bits per heavy atom. The Labute approximate surface area is 121 Å². The van der Waals surface area contributed by atoms with Gasteiger partial charge in [-0.1, -0.05) is 26.0 Å². The number of aliphatic hydroxyl groups is 1. The molecule has 1 aromatic rings. The third-order valence-electron chi connectivity index (χ3n) is 3.69. The minimum Gasteiger partial charge on any atom is -0.393 e. The second-order valence-corrected chi connectivity index (χ2v) is 7.48. The number of aliphatic hydroxyl groups excluding tert-OH is 1. The SMILES string of the molecule is CC(C)Sc1ccc(CN2CCC(C(C)O)C2)cc1. The predicted molar refractivity (Wildman–Crippen MR) is 82.5 cm³/mol. The molecule has 1 N–H and O–H groups in total. The molecule has 2 unspecified atom stereocenters. The lowest BCUT2D eigenvalue weighted by atomic mass is 10.0. The summed E-state index contributed by atoms with van der Waals surface area (Å²) in [4.78, 5) is 3.80. The van der Waals surface area contributed by atoms with Crippen LogP contribution in [0.1, 0.15) is 32.8 Å². The molecule has 1 fully saturated rings. The van der Waals surface area contributed by atoms with Gasteiger partial charge >= 0.3 is 0 Å². The zero-order valence-corrected chi connectivity index (χ0v) is 13.0. The van der Waals surface area contributed by atoms with E-state index in [1.165, 1.54) is 10.5 Å². The third kappa shape index (κ3) is 4.51. The minimum atomic E-state index is -0.171. The van der Waals surface area contributed by atoms with Crippen LogP contribution in [0.3, 0.4) is 0 Å². The van der Waals surface area contributed by atoms with Crippen LogP contribution in [-0.2, 0) is 6.54 Å². The number of hydrogen-bond acceptors (Lipinski definition) is 3. The van der Waals surface area contributed by atoms with Crippen LogP contribution in [0.4, 0.5) is 0 Å². The van der Waals surface area contributed by atoms with Crippen molar-refractivity contribution < 1.29 is 5.11 Å². The van der Waals surface area contributed by atoms with E-state index in [1.54, 1.807) is 0 Å². The fraction of sp³-hybridized carbons (Fsp3) is 0.625. The van der Waals surface area contributed by atoms with Crippen LogP contribution in [0, 0.1) is 5.92 Å². The first kappa shape index (κ1) is 14.9. The maximum atomic E-state index is 9.63. The fourth-order valence-corrected chi connectivity index (χ4v) is 3.44. The predicted octanol–water partition coefficient (Wildman–Crippen LogP) is 3.39. The van der Waals surface area contributed by atoms with Crippen molar-refractivity contribution in [2.24, 2.45) is 5.92 Å². The van der Waals surface area contributed by atoms with E-state index in [2.05, 4.69) is 43.0 Å². The van der Waals surface area contributed by atoms with Crippen LogP contribution in [0.15, 0.2) is 29.2 Å². The number of likely N-dealkylation sites (tertiary alicyclic amines) is 1.